The summed E-state index contributed by atoms with van der Waals surface area (Å²) in [5.74, 6) is 0.0685. The van der Waals surface area contributed by atoms with Crippen molar-refractivity contribution in [3.05, 3.63) is 65.2 Å². The zero-order valence-electron chi connectivity index (χ0n) is 16.0. The van der Waals surface area contributed by atoms with Crippen LogP contribution < -0.4 is 10.2 Å². The van der Waals surface area contributed by atoms with Crippen molar-refractivity contribution in [3.63, 3.8) is 0 Å². The first-order chi connectivity index (χ1) is 12.5. The third-order valence-electron chi connectivity index (χ3n) is 5.14. The Bertz CT molecular complexity index is 739. The van der Waals surface area contributed by atoms with Crippen LogP contribution in [0.5, 0.6) is 0 Å². The first kappa shape index (κ1) is 18.5. The van der Waals surface area contributed by atoms with E-state index in [4.69, 9.17) is 0 Å². The number of para-hydroxylation sites is 1. The number of fused-ring (bicyclic) bond motifs is 1. The van der Waals surface area contributed by atoms with E-state index in [0.29, 0.717) is 19.1 Å². The first-order valence-corrected chi connectivity index (χ1v) is 9.40. The highest BCUT2D eigenvalue weighted by atomic mass is 16.2. The van der Waals surface area contributed by atoms with Gasteiger partial charge in [0.25, 0.3) is 0 Å². The van der Waals surface area contributed by atoms with E-state index in [9.17, 15) is 4.79 Å². The number of carbonyl (C=O) groups excluding carboxylic acids is 1. The Morgan fingerprint density at radius 2 is 1.81 bits per heavy atom. The average Bonchev–Trinajstić information content (AvgIpc) is 3.04. The second-order valence-electron chi connectivity index (χ2n) is 7.40. The van der Waals surface area contributed by atoms with Crippen molar-refractivity contribution in [2.24, 2.45) is 0 Å². The molecule has 26 heavy (non-hydrogen) atoms. The van der Waals surface area contributed by atoms with E-state index in [1.807, 2.05) is 11.9 Å². The minimum atomic E-state index is 0.0685. The maximum absolute atomic E-state index is 12.0. The Kier molecular flexibility index (Phi) is 5.94. The van der Waals surface area contributed by atoms with Gasteiger partial charge in [-0.1, -0.05) is 42.5 Å². The van der Waals surface area contributed by atoms with Gasteiger partial charge in [-0.15, -0.1) is 0 Å². The standard InChI is InChI=1S/C22H29N3O/c1-17(2)24(3)16-22(26)23-14-18-8-10-19(11-9-18)15-25-13-12-20-6-4-5-7-21(20)25/h4-11,17H,12-16H2,1-3H3,(H,23,26). The Hall–Kier alpha value is -2.33. The van der Waals surface area contributed by atoms with Crippen LogP contribution in [0.2, 0.25) is 0 Å². The maximum atomic E-state index is 12.0. The SMILES string of the molecule is CC(C)N(C)CC(=O)NCc1ccc(CN2CCc3ccccc32)cc1. The van der Waals surface area contributed by atoms with E-state index in [0.717, 1.165) is 25.1 Å². The molecule has 4 nitrogen and oxygen atoms in total. The Labute approximate surface area is 156 Å². The van der Waals surface area contributed by atoms with Crippen molar-refractivity contribution < 1.29 is 4.79 Å². The smallest absolute Gasteiger partial charge is 0.234 e. The Morgan fingerprint density at radius 3 is 2.54 bits per heavy atom. The molecule has 2 aromatic rings. The molecule has 0 bridgehead atoms. The minimum Gasteiger partial charge on any atom is -0.367 e. The van der Waals surface area contributed by atoms with E-state index in [2.05, 4.69) is 72.6 Å². The molecule has 4 heteroatoms. The van der Waals surface area contributed by atoms with Gasteiger partial charge in [-0.3, -0.25) is 9.69 Å². The molecule has 0 fully saturated rings. The molecule has 1 heterocycles. The van der Waals surface area contributed by atoms with E-state index < -0.39 is 0 Å². The predicted octanol–water partition coefficient (Wildman–Crippen LogP) is 3.21. The van der Waals surface area contributed by atoms with E-state index in [-0.39, 0.29) is 5.91 Å². The van der Waals surface area contributed by atoms with Crippen LogP contribution in [-0.4, -0.2) is 37.0 Å². The molecule has 0 saturated carbocycles. The molecule has 1 aliphatic rings. The molecule has 0 saturated heterocycles. The van der Waals surface area contributed by atoms with Gasteiger partial charge < -0.3 is 10.2 Å². The van der Waals surface area contributed by atoms with Gasteiger partial charge in [0.2, 0.25) is 5.91 Å². The van der Waals surface area contributed by atoms with Crippen LogP contribution in [0.15, 0.2) is 48.5 Å². The summed E-state index contributed by atoms with van der Waals surface area (Å²) in [6.45, 7) is 7.21. The van der Waals surface area contributed by atoms with Gasteiger partial charge in [0.05, 0.1) is 6.54 Å². The molecule has 0 unspecified atom stereocenters. The fourth-order valence-electron chi connectivity index (χ4n) is 3.22. The van der Waals surface area contributed by atoms with Gasteiger partial charge in [0.1, 0.15) is 0 Å². The molecule has 3 rings (SSSR count). The van der Waals surface area contributed by atoms with Crippen LogP contribution in [0.25, 0.3) is 0 Å². The lowest BCUT2D eigenvalue weighted by atomic mass is 10.1. The molecule has 1 N–H and O–H groups in total. The number of benzene rings is 2. The third kappa shape index (κ3) is 4.64. The molecule has 1 amide bonds. The second kappa shape index (κ2) is 8.37. The van der Waals surface area contributed by atoms with Crippen LogP contribution >= 0.6 is 0 Å². The van der Waals surface area contributed by atoms with Crippen LogP contribution in [0, 0.1) is 0 Å². The summed E-state index contributed by atoms with van der Waals surface area (Å²) in [5.41, 5.74) is 5.24. The summed E-state index contributed by atoms with van der Waals surface area (Å²) in [7, 11) is 1.97. The highest BCUT2D eigenvalue weighted by Gasteiger charge is 2.18. The van der Waals surface area contributed by atoms with Gasteiger partial charge in [-0.25, -0.2) is 0 Å². The topological polar surface area (TPSA) is 35.6 Å². The first-order valence-electron chi connectivity index (χ1n) is 9.40. The Morgan fingerprint density at radius 1 is 1.12 bits per heavy atom. The molecular weight excluding hydrogens is 322 g/mol. The van der Waals surface area contributed by atoms with Gasteiger partial charge in [0.15, 0.2) is 0 Å². The molecule has 0 spiro atoms. The number of nitrogens with zero attached hydrogens (tertiary/aromatic N) is 2. The zero-order chi connectivity index (χ0) is 18.5. The summed E-state index contributed by atoms with van der Waals surface area (Å²) in [6.07, 6.45) is 1.13. The highest BCUT2D eigenvalue weighted by Crippen LogP contribution is 2.28. The van der Waals surface area contributed by atoms with Gasteiger partial charge in [-0.05, 0) is 50.1 Å². The lowest BCUT2D eigenvalue weighted by Gasteiger charge is -2.20. The van der Waals surface area contributed by atoms with Crippen molar-refractivity contribution in [1.82, 2.24) is 10.2 Å². The fraction of sp³-hybridized carbons (Fsp3) is 0.409. The summed E-state index contributed by atoms with van der Waals surface area (Å²) in [6, 6.07) is 17.6. The van der Waals surface area contributed by atoms with Crippen LogP contribution in [-0.2, 0) is 24.3 Å². The molecule has 0 aliphatic carbocycles. The maximum Gasteiger partial charge on any atom is 0.234 e. The molecule has 2 aromatic carbocycles. The van der Waals surface area contributed by atoms with Gasteiger partial charge in [-0.2, -0.15) is 0 Å². The van der Waals surface area contributed by atoms with Crippen LogP contribution in [0.1, 0.15) is 30.5 Å². The monoisotopic (exact) mass is 351 g/mol. The largest absolute Gasteiger partial charge is 0.367 e. The van der Waals surface area contributed by atoms with Crippen molar-refractivity contribution in [2.45, 2.75) is 39.4 Å². The molecule has 0 radical (unpaired) electrons. The Balaban J connectivity index is 1.51. The lowest BCUT2D eigenvalue weighted by Crippen LogP contribution is -2.38. The van der Waals surface area contributed by atoms with Crippen molar-refractivity contribution >= 4 is 11.6 Å². The summed E-state index contributed by atoms with van der Waals surface area (Å²) in [5, 5.41) is 3.00. The number of amides is 1. The second-order valence-corrected chi connectivity index (χ2v) is 7.40. The van der Waals surface area contributed by atoms with Crippen LogP contribution in [0.3, 0.4) is 0 Å². The van der Waals surface area contributed by atoms with Crippen molar-refractivity contribution in [2.75, 3.05) is 25.0 Å². The normalized spacial score (nSPS) is 13.3. The molecular formula is C22H29N3O. The van der Waals surface area contributed by atoms with E-state index in [1.165, 1.54) is 16.8 Å². The molecule has 0 atom stereocenters. The molecule has 138 valence electrons. The van der Waals surface area contributed by atoms with Crippen molar-refractivity contribution in [3.8, 4) is 0 Å². The highest BCUT2D eigenvalue weighted by molar-refractivity contribution is 5.78. The predicted molar refractivity (Wildman–Crippen MR) is 107 cm³/mol. The van der Waals surface area contributed by atoms with Crippen LogP contribution in [0.4, 0.5) is 5.69 Å². The molecule has 1 aliphatic heterocycles. The third-order valence-corrected chi connectivity index (χ3v) is 5.14. The number of anilines is 1. The van der Waals surface area contributed by atoms with E-state index >= 15 is 0 Å². The minimum absolute atomic E-state index is 0.0685. The van der Waals surface area contributed by atoms with Crippen molar-refractivity contribution in [1.29, 1.82) is 0 Å². The summed E-state index contributed by atoms with van der Waals surface area (Å²) >= 11 is 0. The number of nitrogens with one attached hydrogen (secondary N) is 1. The number of likely N-dealkylation sites (N-methyl/N-ethyl adjacent to an activating group) is 1. The number of hydrogen-bond donors (Lipinski definition) is 1. The summed E-state index contributed by atoms with van der Waals surface area (Å²) in [4.78, 5) is 16.5. The lowest BCUT2D eigenvalue weighted by molar-refractivity contribution is -0.122. The number of rotatable bonds is 7. The zero-order valence-corrected chi connectivity index (χ0v) is 16.0. The van der Waals surface area contributed by atoms with E-state index in [1.54, 1.807) is 0 Å². The van der Waals surface area contributed by atoms with Gasteiger partial charge in [0, 0.05) is 31.4 Å². The van der Waals surface area contributed by atoms with Gasteiger partial charge >= 0.3 is 0 Å². The number of hydrogen-bond acceptors (Lipinski definition) is 3. The average molecular weight is 351 g/mol. The fourth-order valence-corrected chi connectivity index (χ4v) is 3.22. The quantitative estimate of drug-likeness (QED) is 0.832. The summed E-state index contributed by atoms with van der Waals surface area (Å²) < 4.78 is 0. The molecule has 0 aromatic heterocycles. The number of carbonyl (C=O) groups is 1.